The fraction of sp³-hybridized carbons (Fsp3) is 0.417. The van der Waals surface area contributed by atoms with Gasteiger partial charge in [-0.2, -0.15) is 0 Å². The standard InChI is InChI=1S/C24H26FNO7S/c1-13(22(28)29)31-21-19(26-14(2)27)24(34-17-10-8-16(25)9-11-17)32-18-12-30-23(33-20(18)21)15-6-4-3-5-7-15/h3-11,13,18-21,23-24H,12H2,1-2H3,(H,26,27)(H,28,29). The Labute approximate surface area is 200 Å². The molecule has 2 aliphatic rings. The van der Waals surface area contributed by atoms with E-state index in [-0.39, 0.29) is 18.3 Å². The van der Waals surface area contributed by atoms with Crippen LogP contribution in [0.1, 0.15) is 25.7 Å². The van der Waals surface area contributed by atoms with Crippen molar-refractivity contribution in [2.24, 2.45) is 0 Å². The van der Waals surface area contributed by atoms with Crippen molar-refractivity contribution in [1.29, 1.82) is 0 Å². The van der Waals surface area contributed by atoms with E-state index in [0.717, 1.165) is 5.56 Å². The van der Waals surface area contributed by atoms with Crippen LogP contribution in [0.3, 0.4) is 0 Å². The van der Waals surface area contributed by atoms with Crippen LogP contribution in [0.25, 0.3) is 0 Å². The van der Waals surface area contributed by atoms with E-state index in [9.17, 15) is 19.1 Å². The minimum Gasteiger partial charge on any atom is -0.479 e. The topological polar surface area (TPSA) is 103 Å². The zero-order valence-corrected chi connectivity index (χ0v) is 19.4. The van der Waals surface area contributed by atoms with Crippen LogP contribution < -0.4 is 5.32 Å². The number of carboxylic acids is 1. The Bertz CT molecular complexity index is 993. The molecule has 0 aromatic heterocycles. The molecule has 2 fully saturated rings. The predicted octanol–water partition coefficient (Wildman–Crippen LogP) is 3.12. The molecule has 34 heavy (non-hydrogen) atoms. The summed E-state index contributed by atoms with van der Waals surface area (Å²) in [5.41, 5.74) is 0.131. The van der Waals surface area contributed by atoms with Gasteiger partial charge < -0.3 is 29.4 Å². The van der Waals surface area contributed by atoms with Gasteiger partial charge in [-0.3, -0.25) is 4.79 Å². The summed E-state index contributed by atoms with van der Waals surface area (Å²) >= 11 is 1.27. The molecular weight excluding hydrogens is 465 g/mol. The number of hydrogen-bond donors (Lipinski definition) is 2. The normalized spacial score (nSPS) is 29.6. The van der Waals surface area contributed by atoms with Crippen molar-refractivity contribution < 1.29 is 38.0 Å². The second-order valence-corrected chi connectivity index (χ2v) is 9.27. The molecule has 0 radical (unpaired) electrons. The monoisotopic (exact) mass is 491 g/mol. The number of ether oxygens (including phenoxy) is 4. The van der Waals surface area contributed by atoms with E-state index in [1.165, 1.54) is 37.7 Å². The van der Waals surface area contributed by atoms with E-state index >= 15 is 0 Å². The average Bonchev–Trinajstić information content (AvgIpc) is 2.82. The summed E-state index contributed by atoms with van der Waals surface area (Å²) in [6.07, 6.45) is -3.98. The molecule has 182 valence electrons. The number of hydrogen-bond acceptors (Lipinski definition) is 7. The molecule has 1 amide bonds. The summed E-state index contributed by atoms with van der Waals surface area (Å²) in [6, 6.07) is 14.5. The van der Waals surface area contributed by atoms with Crippen LogP contribution >= 0.6 is 11.8 Å². The number of rotatable bonds is 7. The van der Waals surface area contributed by atoms with Gasteiger partial charge in [0.25, 0.3) is 0 Å². The smallest absolute Gasteiger partial charge is 0.332 e. The number of halogens is 1. The van der Waals surface area contributed by atoms with Crippen LogP contribution in [-0.2, 0) is 28.5 Å². The van der Waals surface area contributed by atoms with E-state index in [0.29, 0.717) is 4.90 Å². The highest BCUT2D eigenvalue weighted by Crippen LogP contribution is 2.40. The van der Waals surface area contributed by atoms with Gasteiger partial charge in [0.15, 0.2) is 12.4 Å². The van der Waals surface area contributed by atoms with Crippen molar-refractivity contribution in [2.75, 3.05) is 6.61 Å². The summed E-state index contributed by atoms with van der Waals surface area (Å²) in [5, 5.41) is 12.3. The highest BCUT2D eigenvalue weighted by atomic mass is 32.2. The van der Waals surface area contributed by atoms with Gasteiger partial charge in [0.1, 0.15) is 29.6 Å². The highest BCUT2D eigenvalue weighted by molar-refractivity contribution is 7.99. The Morgan fingerprint density at radius 1 is 1.15 bits per heavy atom. The van der Waals surface area contributed by atoms with Crippen molar-refractivity contribution in [3.8, 4) is 0 Å². The van der Waals surface area contributed by atoms with Crippen LogP contribution in [0, 0.1) is 5.82 Å². The van der Waals surface area contributed by atoms with E-state index in [1.807, 2.05) is 30.3 Å². The second kappa shape index (κ2) is 10.8. The molecule has 7 unspecified atom stereocenters. The van der Waals surface area contributed by atoms with Gasteiger partial charge in [0.2, 0.25) is 5.91 Å². The fourth-order valence-corrected chi connectivity index (χ4v) is 5.07. The number of carboxylic acid groups (broad SMARTS) is 1. The maximum Gasteiger partial charge on any atom is 0.332 e. The van der Waals surface area contributed by atoms with Crippen LogP contribution in [0.2, 0.25) is 0 Å². The maximum absolute atomic E-state index is 13.4. The predicted molar refractivity (Wildman–Crippen MR) is 121 cm³/mol. The summed E-state index contributed by atoms with van der Waals surface area (Å²) < 4.78 is 37.7. The van der Waals surface area contributed by atoms with Gasteiger partial charge in [-0.1, -0.05) is 42.1 Å². The van der Waals surface area contributed by atoms with Gasteiger partial charge in [-0.25, -0.2) is 9.18 Å². The van der Waals surface area contributed by atoms with E-state index in [2.05, 4.69) is 5.32 Å². The molecule has 2 aromatic rings. The number of benzene rings is 2. The molecule has 2 N–H and O–H groups in total. The molecule has 2 aromatic carbocycles. The minimum atomic E-state index is -1.15. The molecule has 8 nitrogen and oxygen atoms in total. The first kappa shape index (κ1) is 24.6. The number of carbonyl (C=O) groups excluding carboxylic acids is 1. The summed E-state index contributed by atoms with van der Waals surface area (Å²) in [7, 11) is 0. The first-order chi connectivity index (χ1) is 16.3. The summed E-state index contributed by atoms with van der Waals surface area (Å²) in [5.74, 6) is -1.84. The molecule has 2 aliphatic heterocycles. The number of carbonyl (C=O) groups is 2. The Kier molecular flexibility index (Phi) is 7.84. The van der Waals surface area contributed by atoms with Crippen LogP contribution in [0.5, 0.6) is 0 Å². The van der Waals surface area contributed by atoms with Crippen molar-refractivity contribution >= 4 is 23.6 Å². The van der Waals surface area contributed by atoms with E-state index < -0.39 is 48.2 Å². The lowest BCUT2D eigenvalue weighted by Gasteiger charge is -2.49. The number of nitrogens with one attached hydrogen (secondary N) is 1. The van der Waals surface area contributed by atoms with Crippen molar-refractivity contribution in [3.63, 3.8) is 0 Å². The first-order valence-corrected chi connectivity index (χ1v) is 11.7. The van der Waals surface area contributed by atoms with Crippen LogP contribution in [0.4, 0.5) is 4.39 Å². The zero-order valence-electron chi connectivity index (χ0n) is 18.6. The van der Waals surface area contributed by atoms with E-state index in [1.54, 1.807) is 12.1 Å². The number of amides is 1. The third-order valence-corrected chi connectivity index (χ3v) is 6.74. The van der Waals surface area contributed by atoms with Crippen LogP contribution in [0.15, 0.2) is 59.5 Å². The molecule has 2 saturated heterocycles. The Balaban J connectivity index is 1.64. The molecule has 0 bridgehead atoms. The second-order valence-electron chi connectivity index (χ2n) is 8.10. The van der Waals surface area contributed by atoms with Gasteiger partial charge >= 0.3 is 5.97 Å². The first-order valence-electron chi connectivity index (χ1n) is 10.9. The van der Waals surface area contributed by atoms with Gasteiger partial charge in [-0.15, -0.1) is 0 Å². The third-order valence-electron chi connectivity index (χ3n) is 5.56. The van der Waals surface area contributed by atoms with E-state index in [4.69, 9.17) is 18.9 Å². The van der Waals surface area contributed by atoms with Crippen molar-refractivity contribution in [3.05, 3.63) is 66.0 Å². The Morgan fingerprint density at radius 2 is 1.85 bits per heavy atom. The van der Waals surface area contributed by atoms with Crippen molar-refractivity contribution in [2.45, 2.75) is 60.9 Å². The third kappa shape index (κ3) is 5.76. The van der Waals surface area contributed by atoms with Crippen molar-refractivity contribution in [1.82, 2.24) is 5.32 Å². The number of aliphatic carboxylic acids is 1. The molecule has 10 heteroatoms. The molecule has 2 heterocycles. The lowest BCUT2D eigenvalue weighted by Crippen LogP contribution is -2.66. The maximum atomic E-state index is 13.4. The SMILES string of the molecule is CC(=O)NC1C(Sc2ccc(F)cc2)OC2COC(c3ccccc3)OC2C1OC(C)C(=O)O. The van der Waals surface area contributed by atoms with Gasteiger partial charge in [0, 0.05) is 17.4 Å². The summed E-state index contributed by atoms with van der Waals surface area (Å²) in [6.45, 7) is 2.97. The number of fused-ring (bicyclic) bond motifs is 1. The minimum absolute atomic E-state index is 0.179. The number of thioether (sulfide) groups is 1. The van der Waals surface area contributed by atoms with Crippen LogP contribution in [-0.4, -0.2) is 59.5 Å². The fourth-order valence-electron chi connectivity index (χ4n) is 3.94. The molecule has 0 spiro atoms. The molecule has 4 rings (SSSR count). The Hall–Kier alpha value is -2.50. The molecule has 0 aliphatic carbocycles. The average molecular weight is 492 g/mol. The lowest BCUT2D eigenvalue weighted by atomic mass is 9.96. The highest BCUT2D eigenvalue weighted by Gasteiger charge is 2.52. The zero-order chi connectivity index (χ0) is 24.2. The van der Waals surface area contributed by atoms with Gasteiger partial charge in [0.05, 0.1) is 12.6 Å². The van der Waals surface area contributed by atoms with Gasteiger partial charge in [-0.05, 0) is 31.2 Å². The molecule has 7 atom stereocenters. The molecule has 0 saturated carbocycles. The Morgan fingerprint density at radius 3 is 2.50 bits per heavy atom. The summed E-state index contributed by atoms with van der Waals surface area (Å²) in [4.78, 5) is 24.4. The largest absolute Gasteiger partial charge is 0.479 e. The quantitative estimate of drug-likeness (QED) is 0.609. The molecular formula is C24H26FNO7S. The lowest BCUT2D eigenvalue weighted by molar-refractivity contribution is -0.314.